The minimum absolute atomic E-state index is 0.143. The van der Waals surface area contributed by atoms with Crippen molar-refractivity contribution in [2.24, 2.45) is 0 Å². The molecule has 0 atom stereocenters. The number of aryl methyl sites for hydroxylation is 1. The zero-order chi connectivity index (χ0) is 22.9. The average Bonchev–Trinajstić information content (AvgIpc) is 3.17. The summed E-state index contributed by atoms with van der Waals surface area (Å²) in [7, 11) is 3.19. The Morgan fingerprint density at radius 2 is 1.88 bits per heavy atom. The lowest BCUT2D eigenvalue weighted by Crippen LogP contribution is -2.31. The predicted octanol–water partition coefficient (Wildman–Crippen LogP) is 4.98. The van der Waals surface area contributed by atoms with Crippen molar-refractivity contribution in [3.8, 4) is 23.0 Å². The molecule has 0 spiro atoms. The van der Waals surface area contributed by atoms with E-state index in [0.29, 0.717) is 41.7 Å². The van der Waals surface area contributed by atoms with Crippen LogP contribution in [0.5, 0.6) is 23.0 Å². The third-order valence-corrected chi connectivity index (χ3v) is 5.96. The zero-order valence-electron chi connectivity index (χ0n) is 18.9. The minimum Gasteiger partial charge on any atom is -0.497 e. The van der Waals surface area contributed by atoms with Crippen LogP contribution in [-0.4, -0.2) is 31.6 Å². The van der Waals surface area contributed by atoms with Crippen molar-refractivity contribution >= 4 is 11.9 Å². The van der Waals surface area contributed by atoms with Gasteiger partial charge in [-0.05, 0) is 48.4 Å². The maximum absolute atomic E-state index is 13.3. The van der Waals surface area contributed by atoms with E-state index in [-0.39, 0.29) is 11.5 Å². The highest BCUT2D eigenvalue weighted by molar-refractivity contribution is 6.16. The van der Waals surface area contributed by atoms with Gasteiger partial charge in [0.1, 0.15) is 29.7 Å². The molecule has 0 fully saturated rings. The first-order chi connectivity index (χ1) is 16.1. The molecular formula is C27H25NO5. The molecule has 33 heavy (non-hydrogen) atoms. The lowest BCUT2D eigenvalue weighted by atomic mass is 9.98. The van der Waals surface area contributed by atoms with Gasteiger partial charge in [0, 0.05) is 18.7 Å². The summed E-state index contributed by atoms with van der Waals surface area (Å²) in [6.07, 6.45) is 1.71. The molecule has 168 valence electrons. The van der Waals surface area contributed by atoms with E-state index in [0.717, 1.165) is 23.4 Å². The van der Waals surface area contributed by atoms with E-state index in [1.165, 1.54) is 5.56 Å². The highest BCUT2D eigenvalue weighted by Gasteiger charge is 2.35. The van der Waals surface area contributed by atoms with Gasteiger partial charge in [-0.1, -0.05) is 30.3 Å². The Kier molecular flexibility index (Phi) is 5.52. The largest absolute Gasteiger partial charge is 0.497 e. The van der Waals surface area contributed by atoms with Gasteiger partial charge in [-0.3, -0.25) is 9.69 Å². The molecule has 6 heteroatoms. The second kappa shape index (κ2) is 8.64. The van der Waals surface area contributed by atoms with Crippen molar-refractivity contribution in [2.75, 3.05) is 21.0 Å². The van der Waals surface area contributed by atoms with E-state index < -0.39 is 0 Å². The molecular weight excluding hydrogens is 418 g/mol. The van der Waals surface area contributed by atoms with Gasteiger partial charge in [-0.2, -0.15) is 0 Å². The third-order valence-electron chi connectivity index (χ3n) is 5.96. The number of methoxy groups -OCH3 is 2. The first-order valence-electron chi connectivity index (χ1n) is 10.8. The van der Waals surface area contributed by atoms with Gasteiger partial charge in [-0.25, -0.2) is 0 Å². The van der Waals surface area contributed by atoms with Gasteiger partial charge in [0.2, 0.25) is 5.78 Å². The van der Waals surface area contributed by atoms with Crippen molar-refractivity contribution in [1.29, 1.82) is 0 Å². The van der Waals surface area contributed by atoms with Crippen molar-refractivity contribution in [2.45, 2.75) is 20.0 Å². The van der Waals surface area contributed by atoms with Crippen LogP contribution >= 0.6 is 0 Å². The molecule has 6 nitrogen and oxygen atoms in total. The van der Waals surface area contributed by atoms with E-state index in [9.17, 15) is 4.79 Å². The van der Waals surface area contributed by atoms with E-state index in [1.54, 1.807) is 26.4 Å². The van der Waals surface area contributed by atoms with Gasteiger partial charge >= 0.3 is 0 Å². The Morgan fingerprint density at radius 3 is 2.64 bits per heavy atom. The summed E-state index contributed by atoms with van der Waals surface area (Å²) in [6, 6.07) is 17.6. The number of hydrogen-bond acceptors (Lipinski definition) is 6. The van der Waals surface area contributed by atoms with E-state index in [1.807, 2.05) is 43.3 Å². The Bertz CT molecular complexity index is 1250. The van der Waals surface area contributed by atoms with Gasteiger partial charge < -0.3 is 18.9 Å². The van der Waals surface area contributed by atoms with Crippen LogP contribution in [0.3, 0.4) is 0 Å². The quantitative estimate of drug-likeness (QED) is 0.519. The second-order valence-electron chi connectivity index (χ2n) is 8.17. The average molecular weight is 443 g/mol. The molecule has 5 rings (SSSR count). The smallest absolute Gasteiger partial charge is 0.232 e. The summed E-state index contributed by atoms with van der Waals surface area (Å²) in [5.74, 6) is 2.77. The molecule has 2 aliphatic rings. The lowest BCUT2D eigenvalue weighted by molar-refractivity contribution is 0.0872. The summed E-state index contributed by atoms with van der Waals surface area (Å²) in [6.45, 7) is 3.78. The maximum Gasteiger partial charge on any atom is 0.232 e. The third kappa shape index (κ3) is 3.94. The van der Waals surface area contributed by atoms with Crippen molar-refractivity contribution in [3.05, 3.63) is 88.2 Å². The van der Waals surface area contributed by atoms with Crippen LogP contribution in [0.2, 0.25) is 0 Å². The van der Waals surface area contributed by atoms with Gasteiger partial charge in [0.25, 0.3) is 0 Å². The summed E-state index contributed by atoms with van der Waals surface area (Å²) < 4.78 is 23.0. The molecule has 0 saturated heterocycles. The van der Waals surface area contributed by atoms with Gasteiger partial charge in [0.05, 0.1) is 25.3 Å². The summed E-state index contributed by atoms with van der Waals surface area (Å²) in [5.41, 5.74) is 4.24. The molecule has 3 aromatic rings. The van der Waals surface area contributed by atoms with E-state index in [4.69, 9.17) is 18.9 Å². The molecule has 2 heterocycles. The second-order valence-corrected chi connectivity index (χ2v) is 8.17. The van der Waals surface area contributed by atoms with Crippen molar-refractivity contribution < 1.29 is 23.7 Å². The van der Waals surface area contributed by atoms with Crippen LogP contribution in [0.15, 0.2) is 60.4 Å². The first kappa shape index (κ1) is 21.1. The molecule has 0 amide bonds. The summed E-state index contributed by atoms with van der Waals surface area (Å²) in [5, 5.41) is 0. The highest BCUT2D eigenvalue weighted by Crippen LogP contribution is 2.44. The number of Topliss-reactive ketones (excluding diaryl/α,β-unsaturated/α-hetero) is 1. The fourth-order valence-electron chi connectivity index (χ4n) is 4.31. The molecule has 3 aromatic carbocycles. The number of carbonyl (C=O) groups excluding carboxylic acids is 1. The normalized spacial score (nSPS) is 16.1. The Morgan fingerprint density at radius 1 is 1.06 bits per heavy atom. The number of benzene rings is 3. The SMILES string of the molecule is COc1ccc(OC)c(/C=C2\Oc3c4c(cc(C)c3C2=O)OCN(Cc2ccccc2)C4)c1. The van der Waals surface area contributed by atoms with Crippen LogP contribution in [-0.2, 0) is 13.1 Å². The van der Waals surface area contributed by atoms with Gasteiger partial charge in [-0.15, -0.1) is 0 Å². The van der Waals surface area contributed by atoms with Crippen LogP contribution in [0.1, 0.15) is 32.6 Å². The first-order valence-corrected chi connectivity index (χ1v) is 10.8. The number of ketones is 1. The molecule has 2 aliphatic heterocycles. The summed E-state index contributed by atoms with van der Waals surface area (Å²) >= 11 is 0. The number of allylic oxidation sites excluding steroid dienone is 1. The fraction of sp³-hybridized carbons (Fsp3) is 0.222. The molecule has 0 radical (unpaired) electrons. The van der Waals surface area contributed by atoms with Crippen LogP contribution in [0.4, 0.5) is 0 Å². The van der Waals surface area contributed by atoms with Crippen LogP contribution in [0, 0.1) is 6.92 Å². The topological polar surface area (TPSA) is 57.2 Å². The minimum atomic E-state index is -0.143. The monoisotopic (exact) mass is 443 g/mol. The molecule has 0 N–H and O–H groups in total. The number of rotatable bonds is 5. The molecule has 0 bridgehead atoms. The highest BCUT2D eigenvalue weighted by atomic mass is 16.5. The number of ether oxygens (including phenoxy) is 4. The number of nitrogens with zero attached hydrogens (tertiary/aromatic N) is 1. The number of fused-ring (bicyclic) bond motifs is 3. The Balaban J connectivity index is 1.49. The molecule has 0 aromatic heterocycles. The summed E-state index contributed by atoms with van der Waals surface area (Å²) in [4.78, 5) is 15.5. The van der Waals surface area contributed by atoms with Crippen LogP contribution in [0.25, 0.3) is 6.08 Å². The Labute approximate surface area is 193 Å². The van der Waals surface area contributed by atoms with E-state index in [2.05, 4.69) is 17.0 Å². The standard InChI is InChI=1S/C27H25NO5/c1-17-11-23-21(15-28(16-32-23)14-18-7-5-4-6-8-18)27-25(17)26(29)24(33-27)13-19-12-20(30-2)9-10-22(19)31-3/h4-13H,14-16H2,1-3H3/b24-13-. The molecule has 0 aliphatic carbocycles. The molecule has 0 unspecified atom stereocenters. The fourth-order valence-corrected chi connectivity index (χ4v) is 4.31. The van der Waals surface area contributed by atoms with Crippen molar-refractivity contribution in [1.82, 2.24) is 4.90 Å². The zero-order valence-corrected chi connectivity index (χ0v) is 18.9. The number of hydrogen-bond donors (Lipinski definition) is 0. The maximum atomic E-state index is 13.3. The van der Waals surface area contributed by atoms with Crippen LogP contribution < -0.4 is 18.9 Å². The predicted molar refractivity (Wildman–Crippen MR) is 125 cm³/mol. The molecule has 0 saturated carbocycles. The van der Waals surface area contributed by atoms with Crippen molar-refractivity contribution in [3.63, 3.8) is 0 Å². The number of carbonyl (C=O) groups is 1. The lowest BCUT2D eigenvalue weighted by Gasteiger charge is -2.30. The Hall–Kier alpha value is -3.77. The van der Waals surface area contributed by atoms with Gasteiger partial charge in [0.15, 0.2) is 5.76 Å². The van der Waals surface area contributed by atoms with E-state index >= 15 is 0 Å².